The van der Waals surface area contributed by atoms with E-state index in [-0.39, 0.29) is 22.9 Å². The number of likely N-dealkylation sites (N-methyl/N-ethyl adjacent to an activating group) is 1. The fourth-order valence-corrected chi connectivity index (χ4v) is 5.04. The van der Waals surface area contributed by atoms with Crippen molar-refractivity contribution in [3.05, 3.63) is 47.5 Å². The van der Waals surface area contributed by atoms with Crippen molar-refractivity contribution in [3.8, 4) is 12.3 Å². The number of carbonyl (C=O) groups excluding carboxylic acids is 3. The molecule has 1 aromatic heterocycles. The van der Waals surface area contributed by atoms with Crippen LogP contribution in [0.3, 0.4) is 0 Å². The first kappa shape index (κ1) is 31.6. The molecule has 0 saturated heterocycles. The Kier molecular flexibility index (Phi) is 10.2. The van der Waals surface area contributed by atoms with Crippen molar-refractivity contribution in [1.29, 1.82) is 0 Å². The van der Waals surface area contributed by atoms with Crippen LogP contribution in [0.15, 0.2) is 30.5 Å². The monoisotopic (exact) mass is 577 g/mol. The lowest BCUT2D eigenvalue weighted by atomic mass is 9.79. The summed E-state index contributed by atoms with van der Waals surface area (Å²) in [5.41, 5.74) is 0.153. The molecule has 1 aliphatic carbocycles. The topological polar surface area (TPSA) is 96.3 Å². The molecule has 1 aromatic carbocycles. The molecule has 8 nitrogen and oxygen atoms in total. The number of carbonyl (C=O) groups is 3. The summed E-state index contributed by atoms with van der Waals surface area (Å²) >= 11 is 0. The second-order valence-electron chi connectivity index (χ2n) is 10.7. The van der Waals surface area contributed by atoms with Gasteiger partial charge in [-0.3, -0.25) is 14.4 Å². The Bertz CT molecular complexity index is 1290. The fraction of sp³-hybridized carbons (Fsp3) is 0.517. The summed E-state index contributed by atoms with van der Waals surface area (Å²) in [6.45, 7) is 3.77. The van der Waals surface area contributed by atoms with E-state index in [9.17, 15) is 27.6 Å². The standard InChI is InChI=1S/C29H35F4N5O3/c1-6-18(3)38-24(13-14-34-38)26(39)36-25(20-9-7-17(2)8-10-20)27(40)35-23-12-11-21(15-22(23)30)19(4)28(41)37(5)16-29(31,32)33/h1,11-15,17-20,25H,7-10,16H2,2-5H3,(H,35,40)(H,36,39)/t17?,18?,19?,20?,25-/m0/s1. The van der Waals surface area contributed by atoms with E-state index >= 15 is 4.39 Å². The zero-order valence-electron chi connectivity index (χ0n) is 23.5. The Balaban J connectivity index is 1.79. The molecule has 2 unspecified atom stereocenters. The number of benzene rings is 1. The summed E-state index contributed by atoms with van der Waals surface area (Å²) in [6.07, 6.45) is 5.47. The average molecular weight is 578 g/mol. The zero-order chi connectivity index (χ0) is 30.5. The summed E-state index contributed by atoms with van der Waals surface area (Å²) in [5.74, 6) is -1.11. The van der Waals surface area contributed by atoms with Gasteiger partial charge in [0.05, 0.1) is 11.6 Å². The van der Waals surface area contributed by atoms with Crippen LogP contribution in [0.25, 0.3) is 0 Å². The van der Waals surface area contributed by atoms with Crippen molar-refractivity contribution in [2.45, 2.75) is 70.6 Å². The number of alkyl halides is 3. The van der Waals surface area contributed by atoms with Gasteiger partial charge in [-0.25, -0.2) is 9.07 Å². The number of terminal acetylenes is 1. The highest BCUT2D eigenvalue weighted by Crippen LogP contribution is 2.32. The Labute approximate surface area is 236 Å². The minimum absolute atomic E-state index is 0.154. The average Bonchev–Trinajstić information content (AvgIpc) is 3.41. The van der Waals surface area contributed by atoms with E-state index < -0.39 is 54.3 Å². The first-order chi connectivity index (χ1) is 19.2. The third-order valence-electron chi connectivity index (χ3n) is 7.53. The molecule has 3 atom stereocenters. The van der Waals surface area contributed by atoms with Gasteiger partial charge in [0.15, 0.2) is 0 Å². The molecule has 0 aliphatic heterocycles. The lowest BCUT2D eigenvalue weighted by Gasteiger charge is -2.32. The minimum Gasteiger partial charge on any atom is -0.339 e. The molecular formula is C29H35F4N5O3. The van der Waals surface area contributed by atoms with Gasteiger partial charge in [0.25, 0.3) is 5.91 Å². The number of halogens is 4. The summed E-state index contributed by atoms with van der Waals surface area (Å²) in [5, 5.41) is 9.44. The van der Waals surface area contributed by atoms with Crippen molar-refractivity contribution in [3.63, 3.8) is 0 Å². The predicted molar refractivity (Wildman–Crippen MR) is 145 cm³/mol. The first-order valence-corrected chi connectivity index (χ1v) is 13.4. The molecule has 1 heterocycles. The Morgan fingerprint density at radius 2 is 1.83 bits per heavy atom. The van der Waals surface area contributed by atoms with E-state index in [1.807, 2.05) is 0 Å². The van der Waals surface area contributed by atoms with Gasteiger partial charge in [0.2, 0.25) is 11.8 Å². The highest BCUT2D eigenvalue weighted by Gasteiger charge is 2.35. The number of nitrogens with one attached hydrogen (secondary N) is 2. The molecule has 2 N–H and O–H groups in total. The van der Waals surface area contributed by atoms with Gasteiger partial charge >= 0.3 is 6.18 Å². The number of amides is 3. The van der Waals surface area contributed by atoms with Crippen LogP contribution in [0, 0.1) is 30.0 Å². The summed E-state index contributed by atoms with van der Waals surface area (Å²) < 4.78 is 54.5. The molecular weight excluding hydrogens is 542 g/mol. The summed E-state index contributed by atoms with van der Waals surface area (Å²) in [4.78, 5) is 39.7. The molecule has 1 fully saturated rings. The molecule has 0 bridgehead atoms. The van der Waals surface area contributed by atoms with E-state index in [1.54, 1.807) is 6.92 Å². The molecule has 1 saturated carbocycles. The van der Waals surface area contributed by atoms with Crippen molar-refractivity contribution in [2.24, 2.45) is 11.8 Å². The van der Waals surface area contributed by atoms with E-state index in [0.29, 0.717) is 23.7 Å². The van der Waals surface area contributed by atoms with Crippen LogP contribution < -0.4 is 10.6 Å². The Morgan fingerprint density at radius 3 is 2.41 bits per heavy atom. The van der Waals surface area contributed by atoms with Crippen LogP contribution in [-0.2, 0) is 9.59 Å². The van der Waals surface area contributed by atoms with E-state index in [2.05, 4.69) is 28.6 Å². The third kappa shape index (κ3) is 8.08. The second-order valence-corrected chi connectivity index (χ2v) is 10.7. The molecule has 2 aromatic rings. The third-order valence-corrected chi connectivity index (χ3v) is 7.53. The smallest absolute Gasteiger partial charge is 0.339 e. The van der Waals surface area contributed by atoms with Gasteiger partial charge in [-0.1, -0.05) is 31.8 Å². The zero-order valence-corrected chi connectivity index (χ0v) is 23.5. The molecule has 3 rings (SSSR count). The van der Waals surface area contributed by atoms with Crippen LogP contribution in [-0.4, -0.2) is 58.2 Å². The van der Waals surface area contributed by atoms with Crippen molar-refractivity contribution in [2.75, 3.05) is 18.9 Å². The molecule has 1 aliphatic rings. The molecule has 41 heavy (non-hydrogen) atoms. The maximum Gasteiger partial charge on any atom is 0.406 e. The van der Waals surface area contributed by atoms with Crippen LogP contribution in [0.5, 0.6) is 0 Å². The van der Waals surface area contributed by atoms with E-state index in [4.69, 9.17) is 6.42 Å². The number of nitrogens with zero attached hydrogens (tertiary/aromatic N) is 3. The lowest BCUT2D eigenvalue weighted by Crippen LogP contribution is -2.49. The van der Waals surface area contributed by atoms with Crippen molar-refractivity contribution in [1.82, 2.24) is 20.0 Å². The molecule has 3 amide bonds. The molecule has 222 valence electrons. The summed E-state index contributed by atoms with van der Waals surface area (Å²) in [6, 6.07) is 3.65. The van der Waals surface area contributed by atoms with Crippen LogP contribution in [0.4, 0.5) is 23.2 Å². The van der Waals surface area contributed by atoms with Crippen LogP contribution in [0.1, 0.15) is 74.5 Å². The summed E-state index contributed by atoms with van der Waals surface area (Å²) in [7, 11) is 1.03. The largest absolute Gasteiger partial charge is 0.406 e. The maximum absolute atomic E-state index is 15.1. The SMILES string of the molecule is C#CC(C)n1nccc1C(=O)N[C@H](C(=O)Nc1ccc(C(C)C(=O)N(C)CC(F)(F)F)cc1F)C1CCC(C)CC1. The van der Waals surface area contributed by atoms with Crippen LogP contribution >= 0.6 is 0 Å². The molecule has 0 spiro atoms. The fourth-order valence-electron chi connectivity index (χ4n) is 5.04. The maximum atomic E-state index is 15.1. The van der Waals surface area contributed by atoms with Crippen LogP contribution in [0.2, 0.25) is 0 Å². The molecule has 0 radical (unpaired) electrons. The Morgan fingerprint density at radius 1 is 1.17 bits per heavy atom. The number of hydrogen-bond donors (Lipinski definition) is 2. The normalized spacial score (nSPS) is 19.4. The second kappa shape index (κ2) is 13.2. The number of aromatic nitrogens is 2. The highest BCUT2D eigenvalue weighted by molar-refractivity contribution is 6.00. The van der Waals surface area contributed by atoms with Gasteiger partial charge in [-0.15, -0.1) is 6.42 Å². The van der Waals surface area contributed by atoms with Gasteiger partial charge in [-0.05, 0) is 62.3 Å². The van der Waals surface area contributed by atoms with Gasteiger partial charge in [0, 0.05) is 13.2 Å². The minimum atomic E-state index is -4.56. The number of hydrogen-bond acceptors (Lipinski definition) is 4. The lowest BCUT2D eigenvalue weighted by molar-refractivity contribution is -0.159. The van der Waals surface area contributed by atoms with E-state index in [1.165, 1.54) is 36.0 Å². The van der Waals surface area contributed by atoms with Gasteiger partial charge < -0.3 is 15.5 Å². The number of rotatable bonds is 9. The quantitative estimate of drug-likeness (QED) is 0.327. The highest BCUT2D eigenvalue weighted by atomic mass is 19.4. The number of anilines is 1. The Hall–Kier alpha value is -3.88. The predicted octanol–water partition coefficient (Wildman–Crippen LogP) is 4.90. The van der Waals surface area contributed by atoms with Crippen molar-refractivity contribution < 1.29 is 31.9 Å². The van der Waals surface area contributed by atoms with E-state index in [0.717, 1.165) is 26.0 Å². The van der Waals surface area contributed by atoms with Gasteiger partial charge in [0.1, 0.15) is 30.1 Å². The first-order valence-electron chi connectivity index (χ1n) is 13.4. The molecule has 12 heteroatoms. The van der Waals surface area contributed by atoms with Crippen molar-refractivity contribution >= 4 is 23.4 Å². The van der Waals surface area contributed by atoms with Gasteiger partial charge in [-0.2, -0.15) is 18.3 Å².